The Bertz CT molecular complexity index is 1080. The van der Waals surface area contributed by atoms with Gasteiger partial charge in [-0.25, -0.2) is 0 Å². The summed E-state index contributed by atoms with van der Waals surface area (Å²) in [6.45, 7) is 8.65. The molecule has 5 rings (SSSR count). The van der Waals surface area contributed by atoms with Crippen LogP contribution in [0.3, 0.4) is 0 Å². The van der Waals surface area contributed by atoms with Crippen molar-refractivity contribution in [1.82, 2.24) is 4.90 Å². The highest BCUT2D eigenvalue weighted by Gasteiger charge is 2.46. The predicted molar refractivity (Wildman–Crippen MR) is 122 cm³/mol. The number of hydrogen-bond acceptors (Lipinski definition) is 5. The molecule has 0 spiro atoms. The van der Waals surface area contributed by atoms with Crippen molar-refractivity contribution in [2.45, 2.75) is 19.4 Å². The smallest absolute Gasteiger partial charge is 0.300 e. The zero-order valence-electron chi connectivity index (χ0n) is 18.2. The Morgan fingerprint density at radius 2 is 1.61 bits per heavy atom. The SMILES string of the molecule is COc1ccc(N2CCN(CC3=CC(C)(C)N4C(=O)C(=O)c5cccc3c54)CC2)cc1. The molecule has 0 N–H and O–H groups in total. The van der Waals surface area contributed by atoms with Crippen LogP contribution in [-0.2, 0) is 4.79 Å². The van der Waals surface area contributed by atoms with Crippen LogP contribution in [0.25, 0.3) is 5.57 Å². The summed E-state index contributed by atoms with van der Waals surface area (Å²) in [4.78, 5) is 31.7. The molecule has 0 aliphatic carbocycles. The van der Waals surface area contributed by atoms with Crippen LogP contribution in [-0.4, -0.2) is 62.0 Å². The van der Waals surface area contributed by atoms with Crippen LogP contribution in [0.2, 0.25) is 0 Å². The Morgan fingerprint density at radius 1 is 0.935 bits per heavy atom. The molecule has 1 amide bonds. The predicted octanol–water partition coefficient (Wildman–Crippen LogP) is 3.22. The van der Waals surface area contributed by atoms with E-state index in [-0.39, 0.29) is 0 Å². The first-order chi connectivity index (χ1) is 14.9. The average Bonchev–Trinajstić information content (AvgIpc) is 3.04. The number of para-hydroxylation sites is 1. The van der Waals surface area contributed by atoms with Crippen molar-refractivity contribution in [1.29, 1.82) is 0 Å². The lowest BCUT2D eigenvalue weighted by Gasteiger charge is -2.41. The zero-order valence-corrected chi connectivity index (χ0v) is 18.2. The Morgan fingerprint density at radius 3 is 2.29 bits per heavy atom. The van der Waals surface area contributed by atoms with E-state index in [1.54, 1.807) is 18.1 Å². The third-order valence-electron chi connectivity index (χ3n) is 6.56. The highest BCUT2D eigenvalue weighted by molar-refractivity contribution is 6.53. The van der Waals surface area contributed by atoms with Crippen LogP contribution in [0.5, 0.6) is 5.75 Å². The fourth-order valence-corrected chi connectivity index (χ4v) is 4.99. The summed E-state index contributed by atoms with van der Waals surface area (Å²) in [6.07, 6.45) is 2.16. The molecule has 3 aliphatic heterocycles. The quantitative estimate of drug-likeness (QED) is 0.715. The number of methoxy groups -OCH3 is 1. The van der Waals surface area contributed by atoms with Gasteiger partial charge in [-0.05, 0) is 49.8 Å². The average molecular weight is 418 g/mol. The lowest BCUT2D eigenvalue weighted by molar-refractivity contribution is -0.115. The fraction of sp³-hybridized carbons (Fsp3) is 0.360. The molecule has 6 nitrogen and oxygen atoms in total. The number of piperazine rings is 1. The third-order valence-corrected chi connectivity index (χ3v) is 6.56. The molecule has 2 aromatic carbocycles. The second kappa shape index (κ2) is 7.24. The number of rotatable bonds is 4. The van der Waals surface area contributed by atoms with Gasteiger partial charge in [-0.15, -0.1) is 0 Å². The zero-order chi connectivity index (χ0) is 21.8. The van der Waals surface area contributed by atoms with Crippen LogP contribution in [0.15, 0.2) is 48.5 Å². The number of ketones is 1. The minimum absolute atomic E-state index is 0.396. The summed E-state index contributed by atoms with van der Waals surface area (Å²) >= 11 is 0. The van der Waals surface area contributed by atoms with E-state index in [2.05, 4.69) is 28.0 Å². The maximum atomic E-state index is 12.6. The van der Waals surface area contributed by atoms with E-state index < -0.39 is 17.2 Å². The summed E-state index contributed by atoms with van der Waals surface area (Å²) in [5, 5.41) is 0. The van der Waals surface area contributed by atoms with Crippen molar-refractivity contribution < 1.29 is 14.3 Å². The molecule has 0 saturated carbocycles. The number of hydrogen-bond donors (Lipinski definition) is 0. The minimum atomic E-state index is -0.521. The van der Waals surface area contributed by atoms with Gasteiger partial charge in [0.2, 0.25) is 0 Å². The Balaban J connectivity index is 1.34. The molecule has 6 heteroatoms. The second-order valence-electron chi connectivity index (χ2n) is 8.96. The van der Waals surface area contributed by atoms with Crippen LogP contribution >= 0.6 is 0 Å². The van der Waals surface area contributed by atoms with Crippen molar-refractivity contribution in [3.63, 3.8) is 0 Å². The van der Waals surface area contributed by atoms with E-state index in [9.17, 15) is 9.59 Å². The van der Waals surface area contributed by atoms with Gasteiger partial charge in [-0.1, -0.05) is 18.2 Å². The van der Waals surface area contributed by atoms with Crippen molar-refractivity contribution in [3.05, 3.63) is 59.7 Å². The van der Waals surface area contributed by atoms with Gasteiger partial charge in [0.1, 0.15) is 5.75 Å². The highest BCUT2D eigenvalue weighted by Crippen LogP contribution is 2.45. The first-order valence-electron chi connectivity index (χ1n) is 10.7. The molecule has 3 heterocycles. The van der Waals surface area contributed by atoms with Crippen LogP contribution in [0, 0.1) is 0 Å². The maximum absolute atomic E-state index is 12.6. The summed E-state index contributed by atoms with van der Waals surface area (Å²) in [7, 11) is 1.68. The largest absolute Gasteiger partial charge is 0.497 e. The second-order valence-corrected chi connectivity index (χ2v) is 8.96. The molecule has 0 atom stereocenters. The maximum Gasteiger partial charge on any atom is 0.300 e. The van der Waals surface area contributed by atoms with E-state index in [1.165, 1.54) is 11.3 Å². The number of benzene rings is 2. The molecule has 160 valence electrons. The third kappa shape index (κ3) is 3.22. The molecule has 1 fully saturated rings. The van der Waals surface area contributed by atoms with Crippen LogP contribution in [0.4, 0.5) is 11.4 Å². The van der Waals surface area contributed by atoms with Gasteiger partial charge in [-0.3, -0.25) is 19.4 Å². The van der Waals surface area contributed by atoms with E-state index in [0.717, 1.165) is 49.7 Å². The van der Waals surface area contributed by atoms with E-state index >= 15 is 0 Å². The number of carbonyl (C=O) groups is 2. The van der Waals surface area contributed by atoms with Crippen molar-refractivity contribution in [3.8, 4) is 5.75 Å². The molecule has 1 saturated heterocycles. The van der Waals surface area contributed by atoms with Crippen LogP contribution < -0.4 is 14.5 Å². The number of ether oxygens (including phenoxy) is 1. The number of carbonyl (C=O) groups excluding carboxylic acids is 2. The topological polar surface area (TPSA) is 53.1 Å². The minimum Gasteiger partial charge on any atom is -0.497 e. The van der Waals surface area contributed by atoms with E-state index in [4.69, 9.17) is 4.74 Å². The van der Waals surface area contributed by atoms with Gasteiger partial charge in [0.25, 0.3) is 11.7 Å². The lowest BCUT2D eigenvalue weighted by Crippen LogP contribution is -2.49. The summed E-state index contributed by atoms with van der Waals surface area (Å²) < 4.78 is 5.26. The summed E-state index contributed by atoms with van der Waals surface area (Å²) in [5.41, 5.74) is 4.22. The molecule has 0 radical (unpaired) electrons. The Kier molecular flexibility index (Phi) is 4.63. The van der Waals surface area contributed by atoms with Crippen molar-refractivity contribution in [2.75, 3.05) is 49.6 Å². The van der Waals surface area contributed by atoms with Gasteiger partial charge in [0.15, 0.2) is 0 Å². The first kappa shape index (κ1) is 19.8. The summed E-state index contributed by atoms with van der Waals surface area (Å²) in [5.74, 6) is 0.0548. The summed E-state index contributed by atoms with van der Waals surface area (Å²) in [6, 6.07) is 13.9. The molecular formula is C25H27N3O3. The monoisotopic (exact) mass is 417 g/mol. The van der Waals surface area contributed by atoms with Gasteiger partial charge in [-0.2, -0.15) is 0 Å². The molecular weight excluding hydrogens is 390 g/mol. The number of anilines is 2. The van der Waals surface area contributed by atoms with E-state index in [1.807, 2.05) is 38.1 Å². The molecule has 0 unspecified atom stereocenters. The van der Waals surface area contributed by atoms with E-state index in [0.29, 0.717) is 5.56 Å². The Labute approximate surface area is 182 Å². The molecule has 0 aromatic heterocycles. The number of nitrogens with zero attached hydrogens (tertiary/aromatic N) is 3. The van der Waals surface area contributed by atoms with Crippen LogP contribution in [0.1, 0.15) is 29.8 Å². The van der Waals surface area contributed by atoms with Gasteiger partial charge < -0.3 is 9.64 Å². The van der Waals surface area contributed by atoms with Gasteiger partial charge >= 0.3 is 0 Å². The van der Waals surface area contributed by atoms with Gasteiger partial charge in [0, 0.05) is 44.0 Å². The first-order valence-corrected chi connectivity index (χ1v) is 10.7. The number of Topliss-reactive ketones (excluding diaryl/α,β-unsaturated/α-hetero) is 1. The van der Waals surface area contributed by atoms with Crippen molar-refractivity contribution >= 4 is 28.6 Å². The molecule has 31 heavy (non-hydrogen) atoms. The number of amides is 1. The highest BCUT2D eigenvalue weighted by atomic mass is 16.5. The van der Waals surface area contributed by atoms with Crippen molar-refractivity contribution in [2.24, 2.45) is 0 Å². The fourth-order valence-electron chi connectivity index (χ4n) is 4.99. The standard InChI is InChI=1S/C25H27N3O3/c1-25(2)15-17(20-5-4-6-21-22(20)28(25)24(30)23(21)29)16-26-11-13-27(14-12-26)18-7-9-19(31-3)10-8-18/h4-10,15H,11-14,16H2,1-3H3. The van der Waals surface area contributed by atoms with Gasteiger partial charge in [0.05, 0.1) is 23.9 Å². The Hall–Kier alpha value is -3.12. The normalized spacial score (nSPS) is 20.0. The lowest BCUT2D eigenvalue weighted by atomic mass is 9.88. The molecule has 2 aromatic rings. The molecule has 0 bridgehead atoms. The molecule has 3 aliphatic rings.